The molecule has 4 heteroatoms. The normalized spacial score (nSPS) is 11.8. The lowest BCUT2D eigenvalue weighted by molar-refractivity contribution is 0.651. The van der Waals surface area contributed by atoms with E-state index in [2.05, 4.69) is 209 Å². The van der Waals surface area contributed by atoms with Crippen molar-refractivity contribution < 1.29 is 8.83 Å². The smallest absolute Gasteiger partial charge is 0.142 e. The molecule has 11 aromatic rings. The summed E-state index contributed by atoms with van der Waals surface area (Å²) >= 11 is 0. The van der Waals surface area contributed by atoms with Crippen molar-refractivity contribution in [1.29, 1.82) is 0 Å². The zero-order valence-corrected chi connectivity index (χ0v) is 34.7. The Kier molecular flexibility index (Phi) is 8.15. The van der Waals surface area contributed by atoms with Crippen LogP contribution < -0.4 is 9.80 Å². The molecular formula is C56H44N2O2. The van der Waals surface area contributed by atoms with Crippen LogP contribution in [0.25, 0.3) is 65.4 Å². The minimum atomic E-state index is 0.875. The summed E-state index contributed by atoms with van der Waals surface area (Å²) in [5.74, 6) is 0. The zero-order valence-electron chi connectivity index (χ0n) is 34.7. The molecule has 0 amide bonds. The Labute approximate surface area is 349 Å². The van der Waals surface area contributed by atoms with Crippen molar-refractivity contribution in [2.75, 3.05) is 9.80 Å². The molecular weight excluding hydrogens is 733 g/mol. The molecule has 0 saturated carbocycles. The molecule has 60 heavy (non-hydrogen) atoms. The van der Waals surface area contributed by atoms with E-state index in [0.717, 1.165) is 94.3 Å². The maximum atomic E-state index is 6.81. The lowest BCUT2D eigenvalue weighted by atomic mass is 9.96. The molecule has 0 aliphatic carbocycles. The Morgan fingerprint density at radius 3 is 0.950 bits per heavy atom. The first-order chi connectivity index (χ1) is 29.2. The Morgan fingerprint density at radius 2 is 0.617 bits per heavy atom. The van der Waals surface area contributed by atoms with Crippen LogP contribution in [-0.2, 0) is 0 Å². The van der Waals surface area contributed by atoms with Crippen LogP contribution >= 0.6 is 0 Å². The quantitative estimate of drug-likeness (QED) is 0.168. The second-order valence-corrected chi connectivity index (χ2v) is 16.6. The highest BCUT2D eigenvalue weighted by Gasteiger charge is 2.23. The number of benzene rings is 9. The minimum Gasteiger partial charge on any atom is -0.456 e. The molecule has 0 unspecified atom stereocenters. The largest absolute Gasteiger partial charge is 0.456 e. The minimum absolute atomic E-state index is 0.875. The highest BCUT2D eigenvalue weighted by Crippen LogP contribution is 2.46. The monoisotopic (exact) mass is 776 g/mol. The van der Waals surface area contributed by atoms with Gasteiger partial charge in [0.05, 0.1) is 0 Å². The molecule has 0 atom stereocenters. The molecule has 2 heterocycles. The van der Waals surface area contributed by atoms with E-state index in [-0.39, 0.29) is 0 Å². The van der Waals surface area contributed by atoms with Gasteiger partial charge >= 0.3 is 0 Å². The molecule has 0 saturated heterocycles. The molecule has 0 aliphatic heterocycles. The van der Waals surface area contributed by atoms with Gasteiger partial charge in [0.15, 0.2) is 0 Å². The van der Waals surface area contributed by atoms with Crippen molar-refractivity contribution >= 4 is 99.5 Å². The van der Waals surface area contributed by atoms with Crippen molar-refractivity contribution in [3.63, 3.8) is 0 Å². The molecule has 2 aromatic heterocycles. The van der Waals surface area contributed by atoms with Crippen LogP contribution in [-0.4, -0.2) is 0 Å². The van der Waals surface area contributed by atoms with Crippen molar-refractivity contribution in [3.05, 3.63) is 191 Å². The van der Waals surface area contributed by atoms with Gasteiger partial charge in [-0.2, -0.15) is 0 Å². The molecule has 4 nitrogen and oxygen atoms in total. The number of anilines is 6. The molecule has 290 valence electrons. The van der Waals surface area contributed by atoms with Gasteiger partial charge in [0, 0.05) is 61.2 Å². The van der Waals surface area contributed by atoms with E-state index in [1.165, 1.54) is 38.6 Å². The van der Waals surface area contributed by atoms with Gasteiger partial charge in [-0.1, -0.05) is 82.9 Å². The van der Waals surface area contributed by atoms with E-state index in [1.807, 2.05) is 0 Å². The van der Waals surface area contributed by atoms with Gasteiger partial charge in [-0.05, 0) is 166 Å². The van der Waals surface area contributed by atoms with E-state index >= 15 is 0 Å². The molecule has 9 aromatic carbocycles. The summed E-state index contributed by atoms with van der Waals surface area (Å²) in [4.78, 5) is 4.65. The molecule has 0 aliphatic rings. The zero-order chi connectivity index (χ0) is 40.8. The predicted octanol–water partition coefficient (Wildman–Crippen LogP) is 16.6. The molecule has 0 N–H and O–H groups in total. The molecule has 0 radical (unpaired) electrons. The third kappa shape index (κ3) is 5.82. The third-order valence-corrected chi connectivity index (χ3v) is 12.4. The van der Waals surface area contributed by atoms with E-state index in [1.54, 1.807) is 0 Å². The van der Waals surface area contributed by atoms with Crippen molar-refractivity contribution in [1.82, 2.24) is 0 Å². The number of hydrogen-bond acceptors (Lipinski definition) is 4. The van der Waals surface area contributed by atoms with Crippen LogP contribution in [0.1, 0.15) is 33.4 Å². The van der Waals surface area contributed by atoms with Crippen LogP contribution in [0.2, 0.25) is 0 Å². The number of rotatable bonds is 6. The van der Waals surface area contributed by atoms with Gasteiger partial charge in [-0.3, -0.25) is 0 Å². The van der Waals surface area contributed by atoms with Crippen molar-refractivity contribution in [2.24, 2.45) is 0 Å². The van der Waals surface area contributed by atoms with Crippen LogP contribution in [0.3, 0.4) is 0 Å². The van der Waals surface area contributed by atoms with E-state index in [0.29, 0.717) is 0 Å². The van der Waals surface area contributed by atoms with Crippen molar-refractivity contribution in [2.45, 2.75) is 41.5 Å². The van der Waals surface area contributed by atoms with Gasteiger partial charge in [0.1, 0.15) is 22.3 Å². The average Bonchev–Trinajstić information content (AvgIpc) is 3.83. The number of hydrogen-bond donors (Lipinski definition) is 0. The summed E-state index contributed by atoms with van der Waals surface area (Å²) in [5.41, 5.74) is 17.3. The third-order valence-electron chi connectivity index (χ3n) is 12.4. The predicted molar refractivity (Wildman–Crippen MR) is 254 cm³/mol. The maximum Gasteiger partial charge on any atom is 0.142 e. The highest BCUT2D eigenvalue weighted by molar-refractivity contribution is 6.22. The summed E-state index contributed by atoms with van der Waals surface area (Å²) in [6, 6.07) is 57.4. The van der Waals surface area contributed by atoms with Crippen LogP contribution in [0.15, 0.2) is 167 Å². The van der Waals surface area contributed by atoms with Gasteiger partial charge in [0.25, 0.3) is 0 Å². The first-order valence-electron chi connectivity index (χ1n) is 20.7. The Morgan fingerprint density at radius 1 is 0.300 bits per heavy atom. The average molecular weight is 777 g/mol. The van der Waals surface area contributed by atoms with Gasteiger partial charge in [0.2, 0.25) is 0 Å². The fourth-order valence-corrected chi connectivity index (χ4v) is 9.10. The SMILES string of the molecule is Cc1ccc(N(c2ccc(C)cc2)c2ccc3cc4c(cc3c2)oc2c(C)c3oc5cc6cc(N(c7ccc(C)cc7)c7ccc(C)cc7)ccc6cc5c3c(C)c24)cc1. The molecule has 11 rings (SSSR count). The second-order valence-electron chi connectivity index (χ2n) is 16.6. The topological polar surface area (TPSA) is 32.8 Å². The summed E-state index contributed by atoms with van der Waals surface area (Å²) in [5, 5.41) is 9.12. The van der Waals surface area contributed by atoms with Crippen LogP contribution in [0.4, 0.5) is 34.1 Å². The number of furan rings is 2. The Balaban J connectivity index is 1.04. The fraction of sp³-hybridized carbons (Fsp3) is 0.107. The summed E-state index contributed by atoms with van der Waals surface area (Å²) in [6.45, 7) is 12.9. The lowest BCUT2D eigenvalue weighted by Gasteiger charge is -2.26. The van der Waals surface area contributed by atoms with Crippen LogP contribution in [0, 0.1) is 41.5 Å². The first-order valence-corrected chi connectivity index (χ1v) is 20.7. The van der Waals surface area contributed by atoms with E-state index < -0.39 is 0 Å². The first kappa shape index (κ1) is 35.8. The Hall–Kier alpha value is -7.30. The molecule has 0 bridgehead atoms. The number of fused-ring (bicyclic) bond motifs is 8. The standard InChI is InChI=1S/C56H44N2O2/c1-33-7-17-43(18-8-33)57(44-19-9-34(2)10-20-44)47-25-15-39-29-49-51(31-41(39)27-47)59-55-38(6)56-54(37(5)53(49)55)50-30-40-16-26-48(28-42(40)32-52(50)60-56)58(45-21-11-35(3)12-22-45)46-23-13-36(4)14-24-46/h7-32H,1-6H3. The van der Waals surface area contributed by atoms with E-state index in [4.69, 9.17) is 8.83 Å². The molecule has 0 spiro atoms. The number of nitrogens with zero attached hydrogens (tertiary/aromatic N) is 2. The summed E-state index contributed by atoms with van der Waals surface area (Å²) in [7, 11) is 0. The van der Waals surface area contributed by atoms with Crippen LogP contribution in [0.5, 0.6) is 0 Å². The van der Waals surface area contributed by atoms with Crippen molar-refractivity contribution in [3.8, 4) is 0 Å². The second kappa shape index (κ2) is 13.6. The number of aryl methyl sites for hydroxylation is 6. The highest BCUT2D eigenvalue weighted by atomic mass is 16.3. The fourth-order valence-electron chi connectivity index (χ4n) is 9.10. The van der Waals surface area contributed by atoms with E-state index in [9.17, 15) is 0 Å². The lowest BCUT2D eigenvalue weighted by Crippen LogP contribution is -2.09. The maximum absolute atomic E-state index is 6.81. The molecule has 0 fully saturated rings. The van der Waals surface area contributed by atoms with Gasteiger partial charge < -0.3 is 18.6 Å². The Bertz CT molecular complexity index is 3140. The summed E-state index contributed by atoms with van der Waals surface area (Å²) in [6.07, 6.45) is 0. The van der Waals surface area contributed by atoms with Gasteiger partial charge in [-0.15, -0.1) is 0 Å². The summed E-state index contributed by atoms with van der Waals surface area (Å²) < 4.78 is 13.6. The van der Waals surface area contributed by atoms with Gasteiger partial charge in [-0.25, -0.2) is 0 Å².